The fraction of sp³-hybridized carbons (Fsp3) is 0.636. The third-order valence-electron chi connectivity index (χ3n) is 4.34. The highest BCUT2D eigenvalue weighted by Gasteiger charge is 2.23. The first-order chi connectivity index (χ1) is 15.5. The number of hydrogen-bond acceptors (Lipinski definition) is 9. The Bertz CT molecular complexity index is 612. The second-order valence-corrected chi connectivity index (χ2v) is 6.94. The van der Waals surface area contributed by atoms with E-state index in [0.29, 0.717) is 45.7 Å². The number of aliphatic carboxylic acids is 1. The highest BCUT2D eigenvalue weighted by atomic mass is 16.7. The zero-order chi connectivity index (χ0) is 23.6. The van der Waals surface area contributed by atoms with Crippen molar-refractivity contribution in [3.8, 4) is 0 Å². The largest absolute Gasteiger partial charge is 0.481 e. The molecule has 0 atom stereocenters. The molecule has 0 bridgehead atoms. The van der Waals surface area contributed by atoms with E-state index in [1.165, 1.54) is 7.11 Å². The Morgan fingerprint density at radius 3 is 2.22 bits per heavy atom. The first kappa shape index (κ1) is 28.0. The number of carboxylic acid groups (broad SMARTS) is 1. The molecular weight excluding hydrogens is 424 g/mol. The lowest BCUT2D eigenvalue weighted by Gasteiger charge is -2.29. The molecular formula is C22H34O10. The van der Waals surface area contributed by atoms with Crippen LogP contribution in [-0.4, -0.2) is 86.2 Å². The monoisotopic (exact) mass is 458 g/mol. The fourth-order valence-corrected chi connectivity index (χ4v) is 2.59. The number of methoxy groups -OCH3 is 1. The predicted octanol–water partition coefficient (Wildman–Crippen LogP) is 1.29. The lowest BCUT2D eigenvalue weighted by Crippen LogP contribution is -2.33. The maximum atomic E-state index is 10.6. The summed E-state index contributed by atoms with van der Waals surface area (Å²) in [5, 5.41) is 25.7. The number of ether oxygens (including phenoxy) is 5. The summed E-state index contributed by atoms with van der Waals surface area (Å²) < 4.78 is 26.1. The van der Waals surface area contributed by atoms with Crippen molar-refractivity contribution in [2.45, 2.75) is 44.2 Å². The molecule has 1 aliphatic heterocycles. The van der Waals surface area contributed by atoms with E-state index in [9.17, 15) is 9.59 Å². The zero-order valence-corrected chi connectivity index (χ0v) is 18.4. The smallest absolute Gasteiger partial charge is 0.305 e. The van der Waals surface area contributed by atoms with Crippen molar-refractivity contribution in [2.75, 3.05) is 46.8 Å². The first-order valence-corrected chi connectivity index (χ1v) is 10.5. The Balaban J connectivity index is 0.000000347. The third kappa shape index (κ3) is 12.7. The van der Waals surface area contributed by atoms with Gasteiger partial charge in [-0.05, 0) is 12.8 Å². The van der Waals surface area contributed by atoms with Gasteiger partial charge in [-0.1, -0.05) is 30.3 Å². The zero-order valence-electron chi connectivity index (χ0n) is 18.4. The van der Waals surface area contributed by atoms with E-state index in [4.69, 9.17) is 34.3 Å². The average Bonchev–Trinajstić information content (AvgIpc) is 2.83. The topological polar surface area (TPSA) is 141 Å². The number of hydrogen-bond donors (Lipinski definition) is 3. The molecule has 1 fully saturated rings. The number of carbonyl (C=O) groups excluding carboxylic acids is 1. The molecule has 1 aromatic carbocycles. The second-order valence-electron chi connectivity index (χ2n) is 6.94. The van der Waals surface area contributed by atoms with E-state index in [2.05, 4.69) is 4.74 Å². The van der Waals surface area contributed by atoms with Crippen LogP contribution < -0.4 is 0 Å². The van der Waals surface area contributed by atoms with E-state index in [0.717, 1.165) is 5.56 Å². The molecule has 32 heavy (non-hydrogen) atoms. The van der Waals surface area contributed by atoms with Crippen LogP contribution in [0.25, 0.3) is 0 Å². The molecule has 0 unspecified atom stereocenters. The van der Waals surface area contributed by atoms with Crippen molar-refractivity contribution in [1.82, 2.24) is 0 Å². The second kappa shape index (κ2) is 17.5. The van der Waals surface area contributed by atoms with Crippen molar-refractivity contribution >= 4 is 11.9 Å². The first-order valence-electron chi connectivity index (χ1n) is 10.5. The van der Waals surface area contributed by atoms with Gasteiger partial charge in [0.15, 0.2) is 6.29 Å². The number of carboxylic acids is 1. The van der Waals surface area contributed by atoms with Gasteiger partial charge in [-0.25, -0.2) is 0 Å². The third-order valence-corrected chi connectivity index (χ3v) is 4.34. The van der Waals surface area contributed by atoms with E-state index in [1.54, 1.807) is 0 Å². The molecule has 0 radical (unpaired) electrons. The molecule has 1 aromatic rings. The van der Waals surface area contributed by atoms with Gasteiger partial charge in [-0.3, -0.25) is 9.59 Å². The summed E-state index contributed by atoms with van der Waals surface area (Å²) in [6, 6.07) is 9.74. The summed E-state index contributed by atoms with van der Waals surface area (Å²) in [6.07, 6.45) is 0.463. The minimum atomic E-state index is -0.802. The van der Waals surface area contributed by atoms with Crippen molar-refractivity contribution < 1.29 is 48.6 Å². The van der Waals surface area contributed by atoms with Crippen LogP contribution >= 0.6 is 0 Å². The summed E-state index contributed by atoms with van der Waals surface area (Å²) >= 11 is 0. The molecule has 10 nitrogen and oxygen atoms in total. The van der Waals surface area contributed by atoms with Crippen LogP contribution in [0.1, 0.15) is 37.5 Å². The van der Waals surface area contributed by atoms with Crippen LogP contribution in [0, 0.1) is 0 Å². The van der Waals surface area contributed by atoms with Gasteiger partial charge in [0.25, 0.3) is 0 Å². The van der Waals surface area contributed by atoms with Gasteiger partial charge < -0.3 is 39.0 Å². The number of benzene rings is 1. The lowest BCUT2D eigenvalue weighted by molar-refractivity contribution is -0.230. The molecule has 1 saturated heterocycles. The van der Waals surface area contributed by atoms with E-state index >= 15 is 0 Å². The van der Waals surface area contributed by atoms with Gasteiger partial charge >= 0.3 is 11.9 Å². The minimum absolute atomic E-state index is 0.117. The fourth-order valence-electron chi connectivity index (χ4n) is 2.59. The molecule has 0 aromatic heterocycles. The van der Waals surface area contributed by atoms with Gasteiger partial charge in [0.2, 0.25) is 0 Å². The van der Waals surface area contributed by atoms with Gasteiger partial charge in [-0.15, -0.1) is 0 Å². The summed E-state index contributed by atoms with van der Waals surface area (Å²) in [5.41, 5.74) is 0.992. The van der Waals surface area contributed by atoms with Gasteiger partial charge in [0.05, 0.1) is 33.5 Å². The van der Waals surface area contributed by atoms with Crippen molar-refractivity contribution in [1.29, 1.82) is 0 Å². The Kier molecular flexibility index (Phi) is 15.3. The number of esters is 1. The van der Waals surface area contributed by atoms with Crippen LogP contribution in [0.4, 0.5) is 0 Å². The minimum Gasteiger partial charge on any atom is -0.481 e. The van der Waals surface area contributed by atoms with Crippen molar-refractivity contribution in [3.05, 3.63) is 35.9 Å². The summed E-state index contributed by atoms with van der Waals surface area (Å²) in [5.74, 6) is -1.09. The van der Waals surface area contributed by atoms with Crippen LogP contribution in [0.5, 0.6) is 0 Å². The molecule has 0 aliphatic carbocycles. The highest BCUT2D eigenvalue weighted by molar-refractivity contribution is 5.69. The van der Waals surface area contributed by atoms with Gasteiger partial charge in [-0.2, -0.15) is 0 Å². The molecule has 3 N–H and O–H groups in total. The van der Waals surface area contributed by atoms with Crippen molar-refractivity contribution in [3.63, 3.8) is 0 Å². The average molecular weight is 459 g/mol. The summed E-state index contributed by atoms with van der Waals surface area (Å²) in [6.45, 7) is 1.25. The molecule has 0 spiro atoms. The normalized spacial score (nSPS) is 18.0. The van der Waals surface area contributed by atoms with Gasteiger partial charge in [0, 0.05) is 31.6 Å². The molecule has 10 heteroatoms. The SMILES string of the molecule is COC(=O)CCCOC(CO)CO.O=C(O)CCCOC1COC(c2ccccc2)OC1. The maximum Gasteiger partial charge on any atom is 0.305 e. The van der Waals surface area contributed by atoms with E-state index in [-0.39, 0.29) is 38.0 Å². The number of aliphatic hydroxyl groups excluding tert-OH is 2. The predicted molar refractivity (Wildman–Crippen MR) is 113 cm³/mol. The van der Waals surface area contributed by atoms with E-state index < -0.39 is 12.1 Å². The molecule has 0 amide bonds. The number of aliphatic hydroxyl groups is 2. The lowest BCUT2D eigenvalue weighted by atomic mass is 10.2. The Morgan fingerprint density at radius 1 is 1.03 bits per heavy atom. The highest BCUT2D eigenvalue weighted by Crippen LogP contribution is 2.23. The Morgan fingerprint density at radius 2 is 1.66 bits per heavy atom. The van der Waals surface area contributed by atoms with E-state index in [1.807, 2.05) is 30.3 Å². The van der Waals surface area contributed by atoms with Crippen LogP contribution in [0.15, 0.2) is 30.3 Å². The summed E-state index contributed by atoms with van der Waals surface area (Å²) in [7, 11) is 1.33. The van der Waals surface area contributed by atoms with Crippen LogP contribution in [-0.2, 0) is 33.3 Å². The van der Waals surface area contributed by atoms with Crippen LogP contribution in [0.2, 0.25) is 0 Å². The Labute approximate surface area is 188 Å². The van der Waals surface area contributed by atoms with Crippen molar-refractivity contribution in [2.24, 2.45) is 0 Å². The molecule has 1 aliphatic rings. The molecule has 182 valence electrons. The Hall–Kier alpha value is -2.08. The van der Waals surface area contributed by atoms with Crippen LogP contribution in [0.3, 0.4) is 0 Å². The quantitative estimate of drug-likeness (QED) is 0.292. The number of carbonyl (C=O) groups is 2. The van der Waals surface area contributed by atoms with Gasteiger partial charge in [0.1, 0.15) is 12.2 Å². The molecule has 1 heterocycles. The summed E-state index contributed by atoms with van der Waals surface area (Å²) in [4.78, 5) is 21.0. The molecule has 0 saturated carbocycles. The number of rotatable bonds is 13. The maximum absolute atomic E-state index is 10.6. The standard InChI is InChI=1S/C14H18O5.C8H16O5/c15-13(16)7-4-8-17-12-9-18-14(19-10-12)11-5-2-1-3-6-11;1-12-8(11)3-2-4-13-7(5-9)6-10/h1-3,5-6,12,14H,4,7-10H2,(H,15,16);7,9-10H,2-6H2,1H3. The molecule has 2 rings (SSSR count).